The molecule has 8 heteroatoms. The third-order valence-electron chi connectivity index (χ3n) is 4.01. The number of anilines is 1. The predicted molar refractivity (Wildman–Crippen MR) is 115 cm³/mol. The van der Waals surface area contributed by atoms with E-state index in [0.717, 1.165) is 26.4 Å². The average Bonchev–Trinajstić information content (AvgIpc) is 3.34. The molecule has 136 valence electrons. The lowest BCUT2D eigenvalue weighted by Gasteiger charge is -2.06. The Morgan fingerprint density at radius 3 is 2.70 bits per heavy atom. The third kappa shape index (κ3) is 3.55. The van der Waals surface area contributed by atoms with Crippen molar-refractivity contribution in [2.75, 3.05) is 12.0 Å². The molecule has 3 N–H and O–H groups in total. The first kappa shape index (κ1) is 18.0. The van der Waals surface area contributed by atoms with Gasteiger partial charge in [-0.25, -0.2) is 9.97 Å². The molecule has 0 bridgehead atoms. The Kier molecular flexibility index (Phi) is 5.11. The van der Waals surface area contributed by atoms with Crippen LogP contribution in [0.15, 0.2) is 53.0 Å². The molecule has 3 heterocycles. The van der Waals surface area contributed by atoms with Crippen LogP contribution in [-0.4, -0.2) is 22.1 Å². The monoisotopic (exact) mass is 412 g/mol. The lowest BCUT2D eigenvalue weighted by atomic mass is 10.1. The highest BCUT2D eigenvalue weighted by atomic mass is 32.2. The molecule has 0 aliphatic rings. The minimum Gasteiger partial charge on any atom is -0.397 e. The average molecular weight is 413 g/mol. The normalized spacial score (nSPS) is 11.0. The van der Waals surface area contributed by atoms with Gasteiger partial charge in [-0.2, -0.15) is 0 Å². The molecule has 0 fully saturated rings. The van der Waals surface area contributed by atoms with E-state index >= 15 is 0 Å². The van der Waals surface area contributed by atoms with Crippen LogP contribution < -0.4 is 11.1 Å². The molecule has 0 saturated carbocycles. The Hall–Kier alpha value is -2.42. The molecule has 27 heavy (non-hydrogen) atoms. The van der Waals surface area contributed by atoms with Crippen molar-refractivity contribution in [3.63, 3.8) is 0 Å². The Morgan fingerprint density at radius 2 is 2.00 bits per heavy atom. The number of benzene rings is 1. The number of hydrogen-bond acceptors (Lipinski definition) is 7. The number of nitrogen functional groups attached to an aromatic ring is 1. The van der Waals surface area contributed by atoms with Gasteiger partial charge in [0, 0.05) is 10.4 Å². The number of carbonyl (C=O) groups is 1. The molecule has 0 radical (unpaired) electrons. The summed E-state index contributed by atoms with van der Waals surface area (Å²) in [7, 11) is 0. The predicted octanol–water partition coefficient (Wildman–Crippen LogP) is 4.65. The Labute approximate surface area is 168 Å². The fourth-order valence-corrected chi connectivity index (χ4v) is 4.81. The van der Waals surface area contributed by atoms with Gasteiger partial charge in [-0.3, -0.25) is 4.79 Å². The maximum atomic E-state index is 12.7. The summed E-state index contributed by atoms with van der Waals surface area (Å²) >= 11 is 4.38. The van der Waals surface area contributed by atoms with E-state index in [-0.39, 0.29) is 5.91 Å². The SMILES string of the molecule is CSc1nc(-c2ccccc2)c2c(N)c(C(=O)NCc3cccs3)sc2n1. The van der Waals surface area contributed by atoms with Gasteiger partial charge in [0.05, 0.1) is 23.3 Å². The summed E-state index contributed by atoms with van der Waals surface area (Å²) in [5.41, 5.74) is 8.53. The zero-order valence-corrected chi connectivity index (χ0v) is 16.9. The van der Waals surface area contributed by atoms with Gasteiger partial charge in [-0.15, -0.1) is 22.7 Å². The summed E-state index contributed by atoms with van der Waals surface area (Å²) in [6.45, 7) is 0.484. The topological polar surface area (TPSA) is 80.9 Å². The van der Waals surface area contributed by atoms with Crippen molar-refractivity contribution in [3.8, 4) is 11.3 Å². The van der Waals surface area contributed by atoms with E-state index in [1.165, 1.54) is 23.1 Å². The van der Waals surface area contributed by atoms with Gasteiger partial charge in [0.2, 0.25) is 0 Å². The number of nitrogens with two attached hydrogens (primary N) is 1. The molecule has 0 atom stereocenters. The second-order valence-corrected chi connectivity index (χ2v) is 8.52. The van der Waals surface area contributed by atoms with Crippen molar-refractivity contribution in [2.24, 2.45) is 0 Å². The van der Waals surface area contributed by atoms with Crippen LogP contribution in [0, 0.1) is 0 Å². The number of thioether (sulfide) groups is 1. The second kappa shape index (κ2) is 7.67. The van der Waals surface area contributed by atoms with E-state index < -0.39 is 0 Å². The molecule has 3 aromatic heterocycles. The summed E-state index contributed by atoms with van der Waals surface area (Å²) in [6, 6.07) is 13.8. The first-order valence-corrected chi connectivity index (χ1v) is 11.1. The number of aromatic nitrogens is 2. The molecular formula is C19H16N4OS3. The zero-order chi connectivity index (χ0) is 18.8. The van der Waals surface area contributed by atoms with Crippen molar-refractivity contribution in [2.45, 2.75) is 11.7 Å². The largest absolute Gasteiger partial charge is 0.397 e. The molecular weight excluding hydrogens is 396 g/mol. The third-order valence-corrected chi connectivity index (χ3v) is 6.53. The molecule has 0 spiro atoms. The first-order chi connectivity index (χ1) is 13.2. The van der Waals surface area contributed by atoms with Gasteiger partial charge in [0.25, 0.3) is 5.91 Å². The van der Waals surface area contributed by atoms with Crippen LogP contribution in [0.3, 0.4) is 0 Å². The lowest BCUT2D eigenvalue weighted by Crippen LogP contribution is -2.22. The number of amides is 1. The van der Waals surface area contributed by atoms with Gasteiger partial charge in [-0.05, 0) is 17.7 Å². The molecule has 4 rings (SSSR count). The maximum absolute atomic E-state index is 12.7. The number of carbonyl (C=O) groups excluding carboxylic acids is 1. The van der Waals surface area contributed by atoms with Crippen LogP contribution in [0.5, 0.6) is 0 Å². The van der Waals surface area contributed by atoms with Crippen molar-refractivity contribution in [1.82, 2.24) is 15.3 Å². The van der Waals surface area contributed by atoms with Crippen molar-refractivity contribution in [1.29, 1.82) is 0 Å². The van der Waals surface area contributed by atoms with Crippen molar-refractivity contribution in [3.05, 3.63) is 57.6 Å². The molecule has 1 amide bonds. The van der Waals surface area contributed by atoms with E-state index in [2.05, 4.69) is 15.3 Å². The smallest absolute Gasteiger partial charge is 0.263 e. The Morgan fingerprint density at radius 1 is 1.19 bits per heavy atom. The van der Waals surface area contributed by atoms with Gasteiger partial charge < -0.3 is 11.1 Å². The van der Waals surface area contributed by atoms with Gasteiger partial charge in [0.15, 0.2) is 5.16 Å². The molecule has 4 aromatic rings. The summed E-state index contributed by atoms with van der Waals surface area (Å²) in [4.78, 5) is 24.2. The van der Waals surface area contributed by atoms with Crippen LogP contribution in [0.2, 0.25) is 0 Å². The Bertz CT molecular complexity index is 1090. The number of nitrogens with one attached hydrogen (secondary N) is 1. The minimum absolute atomic E-state index is 0.186. The van der Waals surface area contributed by atoms with E-state index in [9.17, 15) is 4.79 Å². The quantitative estimate of drug-likeness (QED) is 0.368. The summed E-state index contributed by atoms with van der Waals surface area (Å²) < 4.78 is 0. The molecule has 0 unspecified atom stereocenters. The molecule has 0 aliphatic heterocycles. The van der Waals surface area contributed by atoms with Crippen LogP contribution in [0.1, 0.15) is 14.5 Å². The second-order valence-electron chi connectivity index (χ2n) is 5.71. The first-order valence-electron chi connectivity index (χ1n) is 8.17. The van der Waals surface area contributed by atoms with E-state index in [0.29, 0.717) is 22.3 Å². The minimum atomic E-state index is -0.186. The van der Waals surface area contributed by atoms with Crippen LogP contribution in [0.25, 0.3) is 21.5 Å². The number of nitrogens with zero attached hydrogens (tertiary/aromatic N) is 2. The van der Waals surface area contributed by atoms with Crippen LogP contribution >= 0.6 is 34.4 Å². The molecule has 0 aliphatic carbocycles. The standard InChI is InChI=1S/C19H16N4OS3/c1-25-19-22-15(11-6-3-2-4-7-11)13-14(20)16(27-18(13)23-19)17(24)21-10-12-8-5-9-26-12/h2-9H,10,20H2,1H3,(H,21,24). The highest BCUT2D eigenvalue weighted by Crippen LogP contribution is 2.39. The van der Waals surface area contributed by atoms with Gasteiger partial charge in [0.1, 0.15) is 9.71 Å². The van der Waals surface area contributed by atoms with Crippen molar-refractivity contribution >= 4 is 56.2 Å². The zero-order valence-electron chi connectivity index (χ0n) is 14.4. The van der Waals surface area contributed by atoms with E-state index in [4.69, 9.17) is 5.73 Å². The number of thiophene rings is 2. The maximum Gasteiger partial charge on any atom is 0.263 e. The fourth-order valence-electron chi connectivity index (χ4n) is 2.73. The van der Waals surface area contributed by atoms with Crippen molar-refractivity contribution < 1.29 is 4.79 Å². The van der Waals surface area contributed by atoms with E-state index in [1.807, 2.05) is 54.1 Å². The summed E-state index contributed by atoms with van der Waals surface area (Å²) in [6.07, 6.45) is 1.93. The highest BCUT2D eigenvalue weighted by molar-refractivity contribution is 7.98. The van der Waals surface area contributed by atoms with Crippen LogP contribution in [-0.2, 0) is 6.54 Å². The number of fused-ring (bicyclic) bond motifs is 1. The highest BCUT2D eigenvalue weighted by Gasteiger charge is 2.22. The van der Waals surface area contributed by atoms with E-state index in [1.54, 1.807) is 11.3 Å². The summed E-state index contributed by atoms with van der Waals surface area (Å²) in [5.74, 6) is -0.186. The molecule has 0 saturated heterocycles. The van der Waals surface area contributed by atoms with Gasteiger partial charge in [-0.1, -0.05) is 48.2 Å². The molecule has 5 nitrogen and oxygen atoms in total. The van der Waals surface area contributed by atoms with Crippen LogP contribution in [0.4, 0.5) is 5.69 Å². The Balaban J connectivity index is 1.77. The fraction of sp³-hybridized carbons (Fsp3) is 0.105. The lowest BCUT2D eigenvalue weighted by molar-refractivity contribution is 0.0956. The molecule has 1 aromatic carbocycles. The van der Waals surface area contributed by atoms with Gasteiger partial charge >= 0.3 is 0 Å². The number of rotatable bonds is 5. The summed E-state index contributed by atoms with van der Waals surface area (Å²) in [5, 5.41) is 6.33. The number of hydrogen-bond donors (Lipinski definition) is 2.